The lowest BCUT2D eigenvalue weighted by Crippen LogP contribution is -2.41. The molecule has 1 aliphatic rings. The molecule has 0 aliphatic carbocycles. The fourth-order valence-corrected chi connectivity index (χ4v) is 3.98. The third-order valence-electron chi connectivity index (χ3n) is 5.29. The van der Waals surface area contributed by atoms with Gasteiger partial charge in [-0.2, -0.15) is 0 Å². The molecule has 3 aromatic carbocycles. The van der Waals surface area contributed by atoms with Gasteiger partial charge in [-0.05, 0) is 29.8 Å². The number of Topliss-reactive ketones (excluding diaryl/α,β-unsaturated/α-hetero) is 1. The van der Waals surface area contributed by atoms with Crippen LogP contribution in [0, 0.1) is 10.1 Å². The van der Waals surface area contributed by atoms with Crippen molar-refractivity contribution in [1.82, 2.24) is 0 Å². The van der Waals surface area contributed by atoms with Gasteiger partial charge in [-0.15, -0.1) is 0 Å². The van der Waals surface area contributed by atoms with Gasteiger partial charge in [0.1, 0.15) is 0 Å². The van der Waals surface area contributed by atoms with Crippen molar-refractivity contribution in [2.24, 2.45) is 0 Å². The lowest BCUT2D eigenvalue weighted by atomic mass is 9.87. The number of carbonyl (C=O) groups is 2. The smallest absolute Gasteiger partial charge is 0.280 e. The number of rotatable bonds is 6. The monoisotopic (exact) mass is 436 g/mol. The fraction of sp³-hybridized carbons (Fsp3) is 0.130. The number of carbonyl (C=O) groups excluding carboxylic acids is 2. The van der Waals surface area contributed by atoms with E-state index in [0.29, 0.717) is 10.7 Å². The Morgan fingerprint density at radius 3 is 2.45 bits per heavy atom. The van der Waals surface area contributed by atoms with E-state index in [0.717, 1.165) is 5.56 Å². The van der Waals surface area contributed by atoms with Gasteiger partial charge in [-0.1, -0.05) is 54.1 Å². The summed E-state index contributed by atoms with van der Waals surface area (Å²) in [5.41, 5.74) is -1.25. The number of aliphatic hydroxyl groups is 1. The molecule has 1 heterocycles. The molecule has 156 valence electrons. The lowest BCUT2D eigenvalue weighted by Gasteiger charge is -2.23. The number of benzene rings is 3. The van der Waals surface area contributed by atoms with E-state index in [2.05, 4.69) is 0 Å². The van der Waals surface area contributed by atoms with E-state index >= 15 is 0 Å². The van der Waals surface area contributed by atoms with Gasteiger partial charge in [0.25, 0.3) is 11.6 Å². The van der Waals surface area contributed by atoms with E-state index in [1.807, 2.05) is 30.3 Å². The maximum Gasteiger partial charge on any atom is 0.280 e. The van der Waals surface area contributed by atoms with Gasteiger partial charge < -0.3 is 10.0 Å². The van der Waals surface area contributed by atoms with Crippen molar-refractivity contribution in [1.29, 1.82) is 0 Å². The van der Waals surface area contributed by atoms with Crippen LogP contribution in [0.4, 0.5) is 11.4 Å². The second-order valence-electron chi connectivity index (χ2n) is 7.27. The summed E-state index contributed by atoms with van der Waals surface area (Å²) in [5.74, 6) is -1.39. The van der Waals surface area contributed by atoms with Crippen LogP contribution >= 0.6 is 11.6 Å². The van der Waals surface area contributed by atoms with Crippen LogP contribution in [0.2, 0.25) is 5.02 Å². The number of nitrogens with zero attached hydrogens (tertiary/aromatic N) is 2. The highest BCUT2D eigenvalue weighted by Crippen LogP contribution is 2.45. The number of anilines is 1. The molecule has 1 atom stereocenters. The Balaban J connectivity index is 1.74. The standard InChI is InChI=1S/C23H17ClN2O5/c24-16-10-11-20-18(12-16)23(29,22(28)25(20)14-15-6-2-1-3-7-15)13-21(27)17-8-4-5-9-19(17)26(30)31/h1-12,29H,13-14H2/t23-/m1/s1. The molecule has 1 aliphatic heterocycles. The Labute approximate surface area is 182 Å². The minimum absolute atomic E-state index is 0.168. The van der Waals surface area contributed by atoms with Crippen molar-refractivity contribution < 1.29 is 19.6 Å². The summed E-state index contributed by atoms with van der Waals surface area (Å²) in [4.78, 5) is 38.3. The zero-order valence-electron chi connectivity index (χ0n) is 16.2. The van der Waals surface area contributed by atoms with Crippen molar-refractivity contribution >= 4 is 34.7 Å². The van der Waals surface area contributed by atoms with E-state index in [4.69, 9.17) is 11.6 Å². The summed E-state index contributed by atoms with van der Waals surface area (Å²) in [5, 5.41) is 23.0. The molecule has 3 aromatic rings. The van der Waals surface area contributed by atoms with Gasteiger partial charge in [0.15, 0.2) is 11.4 Å². The molecule has 0 aromatic heterocycles. The number of para-hydroxylation sites is 1. The van der Waals surface area contributed by atoms with E-state index in [9.17, 15) is 24.8 Å². The van der Waals surface area contributed by atoms with Gasteiger partial charge in [0.2, 0.25) is 0 Å². The Morgan fingerprint density at radius 1 is 1.06 bits per heavy atom. The van der Waals surface area contributed by atoms with Crippen LogP contribution in [0.5, 0.6) is 0 Å². The first kappa shape index (κ1) is 20.7. The Morgan fingerprint density at radius 2 is 1.74 bits per heavy atom. The predicted octanol–water partition coefficient (Wildman–Crippen LogP) is 4.26. The number of hydrogen-bond acceptors (Lipinski definition) is 5. The minimum Gasteiger partial charge on any atom is -0.375 e. The van der Waals surface area contributed by atoms with Crippen LogP contribution in [0.15, 0.2) is 72.8 Å². The molecule has 0 saturated carbocycles. The summed E-state index contributed by atoms with van der Waals surface area (Å²) in [6, 6.07) is 19.3. The van der Waals surface area contributed by atoms with Gasteiger partial charge in [0, 0.05) is 16.7 Å². The number of ketones is 1. The van der Waals surface area contributed by atoms with Gasteiger partial charge in [-0.25, -0.2) is 0 Å². The molecular formula is C23H17ClN2O5. The largest absolute Gasteiger partial charge is 0.375 e. The zero-order valence-corrected chi connectivity index (χ0v) is 17.0. The van der Waals surface area contributed by atoms with Gasteiger partial charge in [-0.3, -0.25) is 19.7 Å². The Kier molecular flexibility index (Phi) is 5.31. The molecule has 0 unspecified atom stereocenters. The number of halogens is 1. The molecule has 0 spiro atoms. The van der Waals surface area contributed by atoms with Gasteiger partial charge >= 0.3 is 0 Å². The topological polar surface area (TPSA) is 101 Å². The third-order valence-corrected chi connectivity index (χ3v) is 5.53. The maximum absolute atomic E-state index is 13.3. The van der Waals surface area contributed by atoms with E-state index in [-0.39, 0.29) is 23.4 Å². The molecule has 0 bridgehead atoms. The summed E-state index contributed by atoms with van der Waals surface area (Å²) < 4.78 is 0. The first-order valence-electron chi connectivity index (χ1n) is 9.46. The molecule has 0 radical (unpaired) electrons. The van der Waals surface area contributed by atoms with Crippen LogP contribution in [-0.4, -0.2) is 21.7 Å². The average Bonchev–Trinajstić information content (AvgIpc) is 2.96. The lowest BCUT2D eigenvalue weighted by molar-refractivity contribution is -0.385. The normalized spacial score (nSPS) is 17.5. The van der Waals surface area contributed by atoms with Crippen molar-refractivity contribution in [2.45, 2.75) is 18.6 Å². The molecule has 0 fully saturated rings. The third kappa shape index (κ3) is 3.69. The molecule has 31 heavy (non-hydrogen) atoms. The molecular weight excluding hydrogens is 420 g/mol. The van der Waals surface area contributed by atoms with Crippen LogP contribution in [0.1, 0.15) is 27.9 Å². The first-order valence-corrected chi connectivity index (χ1v) is 9.84. The van der Waals surface area contributed by atoms with Gasteiger partial charge in [0.05, 0.1) is 29.1 Å². The fourth-order valence-electron chi connectivity index (χ4n) is 3.81. The van der Waals surface area contributed by atoms with E-state index in [1.165, 1.54) is 35.2 Å². The minimum atomic E-state index is -2.18. The zero-order chi connectivity index (χ0) is 22.2. The number of fused-ring (bicyclic) bond motifs is 1. The van der Waals surface area contributed by atoms with Crippen LogP contribution in [0.3, 0.4) is 0 Å². The second-order valence-corrected chi connectivity index (χ2v) is 7.71. The highest BCUT2D eigenvalue weighted by atomic mass is 35.5. The van der Waals surface area contributed by atoms with E-state index < -0.39 is 28.6 Å². The molecule has 4 rings (SSSR count). The molecule has 8 heteroatoms. The van der Waals surface area contributed by atoms with Crippen molar-refractivity contribution in [3.8, 4) is 0 Å². The maximum atomic E-state index is 13.3. The molecule has 1 N–H and O–H groups in total. The summed E-state index contributed by atoms with van der Waals surface area (Å²) in [6.07, 6.45) is -0.644. The number of nitro groups is 1. The average molecular weight is 437 g/mol. The first-order chi connectivity index (χ1) is 14.8. The van der Waals surface area contributed by atoms with Crippen LogP contribution < -0.4 is 4.90 Å². The Bertz CT molecular complexity index is 1200. The number of hydrogen-bond donors (Lipinski definition) is 1. The highest BCUT2D eigenvalue weighted by Gasteiger charge is 2.51. The van der Waals surface area contributed by atoms with Crippen molar-refractivity contribution in [2.75, 3.05) is 4.90 Å². The predicted molar refractivity (Wildman–Crippen MR) is 115 cm³/mol. The summed E-state index contributed by atoms with van der Waals surface area (Å²) >= 11 is 6.11. The van der Waals surface area contributed by atoms with Crippen molar-refractivity contribution in [3.05, 3.63) is 105 Å². The second kappa shape index (κ2) is 7.94. The highest BCUT2D eigenvalue weighted by molar-refractivity contribution is 6.31. The van der Waals surface area contributed by atoms with E-state index in [1.54, 1.807) is 12.1 Å². The summed E-state index contributed by atoms with van der Waals surface area (Å²) in [7, 11) is 0. The SMILES string of the molecule is O=C(C[C@]1(O)C(=O)N(Cc2ccccc2)c2ccc(Cl)cc21)c1ccccc1[N+](=O)[O-]. The molecule has 7 nitrogen and oxygen atoms in total. The quantitative estimate of drug-likeness (QED) is 0.353. The molecule has 0 saturated heterocycles. The van der Waals surface area contributed by atoms with Crippen molar-refractivity contribution in [3.63, 3.8) is 0 Å². The number of amides is 1. The molecule has 1 amide bonds. The van der Waals surface area contributed by atoms with Crippen LogP contribution in [0.25, 0.3) is 0 Å². The number of nitro benzene ring substituents is 1. The summed E-state index contributed by atoms with van der Waals surface area (Å²) in [6.45, 7) is 0.191. The Hall–Kier alpha value is -3.55. The van der Waals surface area contributed by atoms with Crippen LogP contribution in [-0.2, 0) is 16.9 Å².